The fourth-order valence-electron chi connectivity index (χ4n) is 3.42. The molecule has 24 heavy (non-hydrogen) atoms. The van der Waals surface area contributed by atoms with Crippen LogP contribution in [0.15, 0.2) is 24.3 Å². The molecule has 2 aliphatic rings. The summed E-state index contributed by atoms with van der Waals surface area (Å²) >= 11 is 0. The highest BCUT2D eigenvalue weighted by molar-refractivity contribution is 5.78. The molecule has 0 saturated carbocycles. The van der Waals surface area contributed by atoms with Crippen molar-refractivity contribution in [1.82, 2.24) is 9.80 Å². The summed E-state index contributed by atoms with van der Waals surface area (Å²) < 4.78 is 27.7. The van der Waals surface area contributed by atoms with Crippen LogP contribution < -0.4 is 0 Å². The minimum absolute atomic E-state index is 0.0559. The topological polar surface area (TPSA) is 43.8 Å². The van der Waals surface area contributed by atoms with Gasteiger partial charge in [-0.3, -0.25) is 9.69 Å². The van der Waals surface area contributed by atoms with Gasteiger partial charge in [0.2, 0.25) is 5.91 Å². The van der Waals surface area contributed by atoms with Crippen LogP contribution in [0.25, 0.3) is 5.57 Å². The maximum atomic E-state index is 13.8. The van der Waals surface area contributed by atoms with Crippen molar-refractivity contribution in [3.05, 3.63) is 41.5 Å². The SMILES string of the molecule is O=C1CCCN1CC(O)CN1CC=C(c2c(F)cccc2F)CC1. The molecule has 3 rings (SSSR count). The van der Waals surface area contributed by atoms with Crippen LogP contribution in [-0.4, -0.2) is 59.6 Å². The summed E-state index contributed by atoms with van der Waals surface area (Å²) in [5.41, 5.74) is 0.728. The molecule has 1 fully saturated rings. The first-order chi connectivity index (χ1) is 11.5. The van der Waals surface area contributed by atoms with Gasteiger partial charge >= 0.3 is 0 Å². The zero-order valence-corrected chi connectivity index (χ0v) is 13.5. The van der Waals surface area contributed by atoms with E-state index in [0.29, 0.717) is 51.1 Å². The summed E-state index contributed by atoms with van der Waals surface area (Å²) in [5, 5.41) is 10.2. The largest absolute Gasteiger partial charge is 0.390 e. The van der Waals surface area contributed by atoms with Gasteiger partial charge < -0.3 is 10.0 Å². The number of aliphatic hydroxyl groups is 1. The highest BCUT2D eigenvalue weighted by Gasteiger charge is 2.24. The molecule has 2 aliphatic heterocycles. The Morgan fingerprint density at radius 3 is 2.46 bits per heavy atom. The van der Waals surface area contributed by atoms with E-state index in [-0.39, 0.29) is 11.5 Å². The lowest BCUT2D eigenvalue weighted by Crippen LogP contribution is -2.42. The third-order valence-electron chi connectivity index (χ3n) is 4.65. The first kappa shape index (κ1) is 17.0. The number of β-amino-alcohol motifs (C(OH)–C–C–N with tert-alkyl or cyclic N) is 1. The number of hydrogen-bond donors (Lipinski definition) is 1. The second kappa shape index (κ2) is 7.40. The molecule has 1 unspecified atom stereocenters. The van der Waals surface area contributed by atoms with Gasteiger partial charge in [0.1, 0.15) is 11.6 Å². The number of nitrogens with zero attached hydrogens (tertiary/aromatic N) is 2. The second-order valence-electron chi connectivity index (χ2n) is 6.43. The van der Waals surface area contributed by atoms with Crippen molar-refractivity contribution >= 4 is 11.5 Å². The molecular formula is C18H22F2N2O2. The van der Waals surface area contributed by atoms with Crippen LogP contribution in [-0.2, 0) is 4.79 Å². The van der Waals surface area contributed by atoms with E-state index in [2.05, 4.69) is 0 Å². The Bertz CT molecular complexity index is 628. The van der Waals surface area contributed by atoms with Gasteiger partial charge in [0.15, 0.2) is 0 Å². The normalized spacial score (nSPS) is 20.4. The van der Waals surface area contributed by atoms with Crippen molar-refractivity contribution in [1.29, 1.82) is 0 Å². The molecule has 0 bridgehead atoms. The van der Waals surface area contributed by atoms with E-state index < -0.39 is 17.7 Å². The number of hydrogen-bond acceptors (Lipinski definition) is 3. The van der Waals surface area contributed by atoms with Crippen LogP contribution >= 0.6 is 0 Å². The number of amides is 1. The number of benzene rings is 1. The van der Waals surface area contributed by atoms with E-state index in [9.17, 15) is 18.7 Å². The van der Waals surface area contributed by atoms with Crippen molar-refractivity contribution in [2.45, 2.75) is 25.4 Å². The van der Waals surface area contributed by atoms with Crippen molar-refractivity contribution in [2.24, 2.45) is 0 Å². The molecule has 0 radical (unpaired) electrons. The highest BCUT2D eigenvalue weighted by Crippen LogP contribution is 2.27. The van der Waals surface area contributed by atoms with Crippen molar-refractivity contribution in [2.75, 3.05) is 32.7 Å². The maximum absolute atomic E-state index is 13.8. The minimum Gasteiger partial charge on any atom is -0.390 e. The third-order valence-corrected chi connectivity index (χ3v) is 4.65. The highest BCUT2D eigenvalue weighted by atomic mass is 19.1. The fraction of sp³-hybridized carbons (Fsp3) is 0.500. The van der Waals surface area contributed by atoms with Crippen molar-refractivity contribution < 1.29 is 18.7 Å². The Labute approximate surface area is 140 Å². The standard InChI is InChI=1S/C18H22F2N2O2/c19-15-3-1-4-16(20)18(15)13-6-9-21(10-7-13)11-14(23)12-22-8-2-5-17(22)24/h1,3-4,6,14,23H,2,5,7-12H2. The molecule has 6 heteroatoms. The Morgan fingerprint density at radius 1 is 1.12 bits per heavy atom. The number of halogens is 2. The average molecular weight is 336 g/mol. The molecule has 0 aliphatic carbocycles. The summed E-state index contributed by atoms with van der Waals surface area (Å²) in [6.07, 6.45) is 3.17. The number of carbonyl (C=O) groups excluding carboxylic acids is 1. The van der Waals surface area contributed by atoms with Gasteiger partial charge in [-0.25, -0.2) is 8.78 Å². The zero-order valence-electron chi connectivity index (χ0n) is 13.5. The predicted octanol–water partition coefficient (Wildman–Crippen LogP) is 2.04. The summed E-state index contributed by atoms with van der Waals surface area (Å²) in [6.45, 7) is 2.69. The number of carbonyl (C=O) groups is 1. The molecule has 1 saturated heterocycles. The lowest BCUT2D eigenvalue weighted by atomic mass is 9.98. The van der Waals surface area contributed by atoms with E-state index in [0.717, 1.165) is 6.42 Å². The predicted molar refractivity (Wildman–Crippen MR) is 87.2 cm³/mol. The Balaban J connectivity index is 1.56. The number of aliphatic hydroxyl groups excluding tert-OH is 1. The van der Waals surface area contributed by atoms with Crippen LogP contribution in [0.5, 0.6) is 0 Å². The van der Waals surface area contributed by atoms with Gasteiger partial charge in [-0.2, -0.15) is 0 Å². The van der Waals surface area contributed by atoms with Crippen LogP contribution in [0.3, 0.4) is 0 Å². The molecule has 130 valence electrons. The molecule has 4 nitrogen and oxygen atoms in total. The summed E-state index contributed by atoms with van der Waals surface area (Å²) in [4.78, 5) is 15.3. The van der Waals surface area contributed by atoms with Gasteiger partial charge in [0.05, 0.1) is 6.10 Å². The van der Waals surface area contributed by atoms with Crippen LogP contribution in [0.4, 0.5) is 8.78 Å². The minimum atomic E-state index is -0.604. The lowest BCUT2D eigenvalue weighted by Gasteiger charge is -2.30. The van der Waals surface area contributed by atoms with E-state index >= 15 is 0 Å². The third kappa shape index (κ3) is 3.82. The molecular weight excluding hydrogens is 314 g/mol. The Kier molecular flexibility index (Phi) is 5.26. The summed E-state index contributed by atoms with van der Waals surface area (Å²) in [5.74, 6) is -0.977. The molecule has 1 amide bonds. The van der Waals surface area contributed by atoms with E-state index in [1.807, 2.05) is 11.0 Å². The molecule has 1 N–H and O–H groups in total. The molecule has 0 spiro atoms. The summed E-state index contributed by atoms with van der Waals surface area (Å²) in [7, 11) is 0. The molecule has 0 aromatic heterocycles. The van der Waals surface area contributed by atoms with Crippen LogP contribution in [0.2, 0.25) is 0 Å². The second-order valence-corrected chi connectivity index (χ2v) is 6.43. The number of likely N-dealkylation sites (tertiary alicyclic amines) is 1. The maximum Gasteiger partial charge on any atom is 0.222 e. The van der Waals surface area contributed by atoms with Crippen LogP contribution in [0.1, 0.15) is 24.8 Å². The zero-order chi connectivity index (χ0) is 17.1. The number of rotatable bonds is 5. The van der Waals surface area contributed by atoms with Gasteiger partial charge in [0.25, 0.3) is 0 Å². The molecule has 2 heterocycles. The van der Waals surface area contributed by atoms with E-state index in [1.54, 1.807) is 4.90 Å². The first-order valence-corrected chi connectivity index (χ1v) is 8.36. The van der Waals surface area contributed by atoms with Gasteiger partial charge in [-0.15, -0.1) is 0 Å². The van der Waals surface area contributed by atoms with Crippen molar-refractivity contribution in [3.63, 3.8) is 0 Å². The average Bonchev–Trinajstić information content (AvgIpc) is 2.94. The smallest absolute Gasteiger partial charge is 0.222 e. The Morgan fingerprint density at radius 2 is 1.88 bits per heavy atom. The fourth-order valence-corrected chi connectivity index (χ4v) is 3.42. The van der Waals surface area contributed by atoms with Crippen LogP contribution in [0, 0.1) is 11.6 Å². The monoisotopic (exact) mass is 336 g/mol. The Hall–Kier alpha value is -1.79. The first-order valence-electron chi connectivity index (χ1n) is 8.36. The van der Waals surface area contributed by atoms with E-state index in [1.165, 1.54) is 18.2 Å². The lowest BCUT2D eigenvalue weighted by molar-refractivity contribution is -0.129. The van der Waals surface area contributed by atoms with Gasteiger partial charge in [-0.1, -0.05) is 12.1 Å². The molecule has 1 atom stereocenters. The quantitative estimate of drug-likeness (QED) is 0.895. The molecule has 1 aromatic rings. The van der Waals surface area contributed by atoms with E-state index in [4.69, 9.17) is 0 Å². The van der Waals surface area contributed by atoms with Crippen molar-refractivity contribution in [3.8, 4) is 0 Å². The van der Waals surface area contributed by atoms with Gasteiger partial charge in [-0.05, 0) is 30.5 Å². The molecule has 1 aromatic carbocycles. The summed E-state index contributed by atoms with van der Waals surface area (Å²) in [6, 6.07) is 3.89. The van der Waals surface area contributed by atoms with Gasteiger partial charge in [0, 0.05) is 44.7 Å².